The largest absolute Gasteiger partial charge is 0.324 e. The maximum atomic E-state index is 5.91. The van der Waals surface area contributed by atoms with Crippen LogP contribution in [0.25, 0.3) is 0 Å². The van der Waals surface area contributed by atoms with E-state index in [0.717, 1.165) is 11.4 Å². The second-order valence-corrected chi connectivity index (χ2v) is 3.33. The molecule has 0 aliphatic carbocycles. The van der Waals surface area contributed by atoms with Crippen LogP contribution in [0.15, 0.2) is 12.4 Å². The lowest BCUT2D eigenvalue weighted by Crippen LogP contribution is -2.17. The lowest BCUT2D eigenvalue weighted by atomic mass is 10.00. The fourth-order valence-electron chi connectivity index (χ4n) is 0.960. The summed E-state index contributed by atoms with van der Waals surface area (Å²) in [6, 6.07) is 0.0469. The van der Waals surface area contributed by atoms with Gasteiger partial charge >= 0.3 is 0 Å². The number of nitrogens with zero attached hydrogens (tertiary/aromatic N) is 2. The zero-order valence-corrected chi connectivity index (χ0v) is 7.78. The van der Waals surface area contributed by atoms with Crippen LogP contribution in [0.1, 0.15) is 31.3 Å². The highest BCUT2D eigenvalue weighted by molar-refractivity contribution is 5.10. The molecule has 0 aromatic carbocycles. The zero-order valence-electron chi connectivity index (χ0n) is 7.78. The summed E-state index contributed by atoms with van der Waals surface area (Å²) in [5.74, 6) is 1.21. The van der Waals surface area contributed by atoms with Gasteiger partial charge in [0.1, 0.15) is 5.82 Å². The van der Waals surface area contributed by atoms with Crippen LogP contribution >= 0.6 is 0 Å². The molecule has 1 aromatic heterocycles. The summed E-state index contributed by atoms with van der Waals surface area (Å²) >= 11 is 0. The van der Waals surface area contributed by atoms with E-state index in [-0.39, 0.29) is 6.04 Å². The molecule has 3 heteroatoms. The van der Waals surface area contributed by atoms with Crippen molar-refractivity contribution in [1.82, 2.24) is 9.97 Å². The topological polar surface area (TPSA) is 51.8 Å². The predicted molar refractivity (Wildman–Crippen MR) is 48.5 cm³/mol. The monoisotopic (exact) mass is 165 g/mol. The molecule has 1 unspecified atom stereocenters. The zero-order chi connectivity index (χ0) is 9.14. The van der Waals surface area contributed by atoms with Crippen LogP contribution in [0.3, 0.4) is 0 Å². The molecule has 1 atom stereocenters. The first-order valence-electron chi connectivity index (χ1n) is 4.15. The molecule has 0 bridgehead atoms. The highest BCUT2D eigenvalue weighted by atomic mass is 14.9. The van der Waals surface area contributed by atoms with Crippen molar-refractivity contribution >= 4 is 0 Å². The van der Waals surface area contributed by atoms with Gasteiger partial charge in [-0.25, -0.2) is 9.97 Å². The summed E-state index contributed by atoms with van der Waals surface area (Å²) in [6.45, 7) is 6.04. The first-order valence-corrected chi connectivity index (χ1v) is 4.15. The minimum Gasteiger partial charge on any atom is -0.324 e. The fraction of sp³-hybridized carbons (Fsp3) is 0.556. The fourth-order valence-corrected chi connectivity index (χ4v) is 0.960. The van der Waals surface area contributed by atoms with E-state index >= 15 is 0 Å². The molecule has 66 valence electrons. The first-order chi connectivity index (χ1) is 5.61. The molecular formula is C9H15N3. The van der Waals surface area contributed by atoms with Crippen molar-refractivity contribution in [3.05, 3.63) is 23.8 Å². The molecule has 1 rings (SSSR count). The first kappa shape index (κ1) is 9.13. The minimum absolute atomic E-state index is 0.0469. The van der Waals surface area contributed by atoms with E-state index in [9.17, 15) is 0 Å². The number of hydrogen-bond donors (Lipinski definition) is 1. The van der Waals surface area contributed by atoms with Gasteiger partial charge < -0.3 is 5.73 Å². The van der Waals surface area contributed by atoms with Crippen molar-refractivity contribution in [3.8, 4) is 0 Å². The number of aryl methyl sites for hydroxylation is 1. The quantitative estimate of drug-likeness (QED) is 0.721. The van der Waals surface area contributed by atoms with Gasteiger partial charge in [-0.3, -0.25) is 0 Å². The highest BCUT2D eigenvalue weighted by Crippen LogP contribution is 2.16. The Hall–Kier alpha value is -0.960. The van der Waals surface area contributed by atoms with E-state index in [2.05, 4.69) is 23.8 Å². The second-order valence-electron chi connectivity index (χ2n) is 3.33. The smallest absolute Gasteiger partial charge is 0.125 e. The van der Waals surface area contributed by atoms with Crippen molar-refractivity contribution in [1.29, 1.82) is 0 Å². The van der Waals surface area contributed by atoms with E-state index in [4.69, 9.17) is 5.73 Å². The van der Waals surface area contributed by atoms with Crippen molar-refractivity contribution in [3.63, 3.8) is 0 Å². The van der Waals surface area contributed by atoms with Crippen LogP contribution in [-0.2, 0) is 0 Å². The van der Waals surface area contributed by atoms with Gasteiger partial charge in [-0.05, 0) is 12.8 Å². The molecule has 1 heterocycles. The van der Waals surface area contributed by atoms with E-state index in [1.54, 1.807) is 12.4 Å². The van der Waals surface area contributed by atoms with Gasteiger partial charge in [0, 0.05) is 24.0 Å². The Labute approximate surface area is 73.0 Å². The van der Waals surface area contributed by atoms with Crippen LogP contribution in [0.5, 0.6) is 0 Å². The number of nitrogens with two attached hydrogens (primary N) is 1. The maximum Gasteiger partial charge on any atom is 0.125 e. The van der Waals surface area contributed by atoms with Crippen molar-refractivity contribution < 1.29 is 0 Å². The second kappa shape index (κ2) is 3.63. The summed E-state index contributed by atoms with van der Waals surface area (Å²) in [6.07, 6.45) is 3.60. The lowest BCUT2D eigenvalue weighted by Gasteiger charge is -2.14. The maximum absolute atomic E-state index is 5.91. The summed E-state index contributed by atoms with van der Waals surface area (Å²) in [7, 11) is 0. The Kier molecular flexibility index (Phi) is 2.76. The molecule has 0 fully saturated rings. The molecule has 0 saturated carbocycles. The number of aromatic nitrogens is 2. The van der Waals surface area contributed by atoms with Crippen molar-refractivity contribution in [2.24, 2.45) is 11.7 Å². The summed E-state index contributed by atoms with van der Waals surface area (Å²) in [5, 5.41) is 0. The molecular weight excluding hydrogens is 150 g/mol. The Morgan fingerprint density at radius 2 is 1.75 bits per heavy atom. The third kappa shape index (κ3) is 2.01. The molecule has 0 saturated heterocycles. The normalized spacial score (nSPS) is 13.4. The third-order valence-corrected chi connectivity index (χ3v) is 1.90. The molecule has 2 N–H and O–H groups in total. The van der Waals surface area contributed by atoms with Crippen molar-refractivity contribution in [2.45, 2.75) is 26.8 Å². The summed E-state index contributed by atoms with van der Waals surface area (Å²) < 4.78 is 0. The molecule has 0 aliphatic rings. The van der Waals surface area contributed by atoms with Gasteiger partial charge in [-0.1, -0.05) is 13.8 Å². The average molecular weight is 165 g/mol. The SMILES string of the molecule is Cc1ncc(C(N)C(C)C)cn1. The van der Waals surface area contributed by atoms with Crippen LogP contribution in [0, 0.1) is 12.8 Å². The molecule has 0 amide bonds. The van der Waals surface area contributed by atoms with Gasteiger partial charge in [-0.2, -0.15) is 0 Å². The minimum atomic E-state index is 0.0469. The number of hydrogen-bond acceptors (Lipinski definition) is 3. The molecule has 1 aromatic rings. The van der Waals surface area contributed by atoms with Crippen LogP contribution < -0.4 is 5.73 Å². The highest BCUT2D eigenvalue weighted by Gasteiger charge is 2.10. The van der Waals surface area contributed by atoms with Crippen LogP contribution in [-0.4, -0.2) is 9.97 Å². The van der Waals surface area contributed by atoms with E-state index in [1.807, 2.05) is 6.92 Å². The van der Waals surface area contributed by atoms with Crippen LogP contribution in [0.2, 0.25) is 0 Å². The Morgan fingerprint density at radius 3 is 2.17 bits per heavy atom. The summed E-state index contributed by atoms with van der Waals surface area (Å²) in [5.41, 5.74) is 6.92. The van der Waals surface area contributed by atoms with Gasteiger partial charge in [-0.15, -0.1) is 0 Å². The van der Waals surface area contributed by atoms with E-state index in [1.165, 1.54) is 0 Å². The molecule has 0 aliphatic heterocycles. The Bertz CT molecular complexity index is 240. The average Bonchev–Trinajstić information content (AvgIpc) is 2.04. The Balaban J connectivity index is 2.82. The van der Waals surface area contributed by atoms with Gasteiger partial charge in [0.2, 0.25) is 0 Å². The number of rotatable bonds is 2. The van der Waals surface area contributed by atoms with Gasteiger partial charge in [0.25, 0.3) is 0 Å². The van der Waals surface area contributed by atoms with Gasteiger partial charge in [0.05, 0.1) is 0 Å². The molecule has 0 radical (unpaired) electrons. The van der Waals surface area contributed by atoms with Gasteiger partial charge in [0.15, 0.2) is 0 Å². The van der Waals surface area contributed by atoms with E-state index < -0.39 is 0 Å². The third-order valence-electron chi connectivity index (χ3n) is 1.90. The summed E-state index contributed by atoms with van der Waals surface area (Å²) in [4.78, 5) is 8.18. The molecule has 3 nitrogen and oxygen atoms in total. The van der Waals surface area contributed by atoms with E-state index in [0.29, 0.717) is 5.92 Å². The van der Waals surface area contributed by atoms with Crippen molar-refractivity contribution in [2.75, 3.05) is 0 Å². The van der Waals surface area contributed by atoms with Crippen LogP contribution in [0.4, 0.5) is 0 Å². The predicted octanol–water partition coefficient (Wildman–Crippen LogP) is 1.44. The lowest BCUT2D eigenvalue weighted by molar-refractivity contribution is 0.511. The Morgan fingerprint density at radius 1 is 1.25 bits per heavy atom. The standard InChI is InChI=1S/C9H15N3/c1-6(2)9(10)8-4-11-7(3)12-5-8/h4-6,9H,10H2,1-3H3. The molecule has 0 spiro atoms. The molecule has 12 heavy (non-hydrogen) atoms.